The maximum atomic E-state index is 12.0. The van der Waals surface area contributed by atoms with Gasteiger partial charge < -0.3 is 9.88 Å². The van der Waals surface area contributed by atoms with Crippen LogP contribution in [0, 0.1) is 12.3 Å². The maximum Gasteiger partial charge on any atom is 0.269 e. The standard InChI is InChI=1S/C13H18N2O/c1-6-13(4,5)14-12(16)11-8-7-9-15(11)10(2)3/h1,7-10H,2-5H3,(H,14,16). The molecule has 1 rings (SSSR count). The lowest BCUT2D eigenvalue weighted by Gasteiger charge is -2.21. The fourth-order valence-electron chi connectivity index (χ4n) is 1.42. The summed E-state index contributed by atoms with van der Waals surface area (Å²) in [6, 6.07) is 3.91. The number of terminal acetylenes is 1. The van der Waals surface area contributed by atoms with Crippen LogP contribution in [-0.4, -0.2) is 16.0 Å². The number of carbonyl (C=O) groups excluding carboxylic acids is 1. The molecule has 0 spiro atoms. The van der Waals surface area contributed by atoms with Gasteiger partial charge in [0.2, 0.25) is 0 Å². The van der Waals surface area contributed by atoms with Crippen molar-refractivity contribution >= 4 is 5.91 Å². The van der Waals surface area contributed by atoms with E-state index in [2.05, 4.69) is 11.2 Å². The normalized spacial score (nSPS) is 11.2. The number of nitrogens with zero attached hydrogens (tertiary/aromatic N) is 1. The molecule has 0 aromatic carbocycles. The Kier molecular flexibility index (Phi) is 3.44. The molecule has 0 radical (unpaired) electrons. The Labute approximate surface area is 96.8 Å². The molecule has 0 saturated carbocycles. The second-order valence-electron chi connectivity index (χ2n) is 4.62. The van der Waals surface area contributed by atoms with E-state index in [0.29, 0.717) is 5.69 Å². The Morgan fingerprint density at radius 3 is 2.69 bits per heavy atom. The molecule has 1 aromatic rings. The van der Waals surface area contributed by atoms with Gasteiger partial charge in [0.05, 0.1) is 5.54 Å². The molecule has 0 unspecified atom stereocenters. The average Bonchev–Trinajstić information content (AvgIpc) is 2.65. The molecular formula is C13H18N2O. The van der Waals surface area contributed by atoms with Gasteiger partial charge >= 0.3 is 0 Å². The van der Waals surface area contributed by atoms with Crippen LogP contribution in [0.5, 0.6) is 0 Å². The van der Waals surface area contributed by atoms with Crippen LogP contribution in [0.25, 0.3) is 0 Å². The van der Waals surface area contributed by atoms with Crippen LogP contribution in [0.3, 0.4) is 0 Å². The van der Waals surface area contributed by atoms with Crippen molar-refractivity contribution in [3.8, 4) is 12.3 Å². The zero-order valence-corrected chi connectivity index (χ0v) is 10.2. The van der Waals surface area contributed by atoms with Gasteiger partial charge in [0.1, 0.15) is 5.69 Å². The Bertz CT molecular complexity index is 421. The molecule has 0 saturated heterocycles. The first kappa shape index (κ1) is 12.4. The molecular weight excluding hydrogens is 200 g/mol. The predicted molar refractivity (Wildman–Crippen MR) is 65.2 cm³/mol. The number of carbonyl (C=O) groups is 1. The minimum absolute atomic E-state index is 0.137. The van der Waals surface area contributed by atoms with Gasteiger partial charge in [-0.3, -0.25) is 4.79 Å². The molecule has 16 heavy (non-hydrogen) atoms. The molecule has 0 aliphatic carbocycles. The van der Waals surface area contributed by atoms with Crippen molar-refractivity contribution in [1.29, 1.82) is 0 Å². The third kappa shape index (κ3) is 2.66. The highest BCUT2D eigenvalue weighted by Gasteiger charge is 2.20. The number of nitrogens with one attached hydrogen (secondary N) is 1. The van der Waals surface area contributed by atoms with Crippen LogP contribution in [0.1, 0.15) is 44.2 Å². The summed E-state index contributed by atoms with van der Waals surface area (Å²) in [5.74, 6) is 2.40. The molecule has 3 heteroatoms. The highest BCUT2D eigenvalue weighted by Crippen LogP contribution is 2.12. The van der Waals surface area contributed by atoms with Crippen LogP contribution >= 0.6 is 0 Å². The summed E-state index contributed by atoms with van der Waals surface area (Å²) < 4.78 is 1.92. The molecule has 1 N–H and O–H groups in total. The molecule has 0 atom stereocenters. The molecule has 86 valence electrons. The fraction of sp³-hybridized carbons (Fsp3) is 0.462. The van der Waals surface area contributed by atoms with Gasteiger partial charge in [-0.05, 0) is 39.8 Å². The van der Waals surface area contributed by atoms with Gasteiger partial charge in [0.25, 0.3) is 5.91 Å². The fourth-order valence-corrected chi connectivity index (χ4v) is 1.42. The summed E-state index contributed by atoms with van der Waals surface area (Å²) in [7, 11) is 0. The topological polar surface area (TPSA) is 34.0 Å². The van der Waals surface area contributed by atoms with Crippen molar-refractivity contribution in [2.75, 3.05) is 0 Å². The lowest BCUT2D eigenvalue weighted by molar-refractivity contribution is 0.0919. The lowest BCUT2D eigenvalue weighted by Crippen LogP contribution is -2.42. The highest BCUT2D eigenvalue weighted by atomic mass is 16.2. The third-order valence-corrected chi connectivity index (χ3v) is 2.35. The van der Waals surface area contributed by atoms with E-state index in [1.807, 2.05) is 30.7 Å². The third-order valence-electron chi connectivity index (χ3n) is 2.35. The van der Waals surface area contributed by atoms with Gasteiger partial charge in [0.15, 0.2) is 0 Å². The van der Waals surface area contributed by atoms with Gasteiger partial charge in [-0.25, -0.2) is 0 Å². The number of hydrogen-bond donors (Lipinski definition) is 1. The minimum Gasteiger partial charge on any atom is -0.341 e. The quantitative estimate of drug-likeness (QED) is 0.775. The first-order valence-corrected chi connectivity index (χ1v) is 5.34. The van der Waals surface area contributed by atoms with Gasteiger partial charge in [-0.2, -0.15) is 0 Å². The summed E-state index contributed by atoms with van der Waals surface area (Å²) >= 11 is 0. The van der Waals surface area contributed by atoms with Crippen LogP contribution in [0.2, 0.25) is 0 Å². The van der Waals surface area contributed by atoms with E-state index in [-0.39, 0.29) is 11.9 Å². The first-order valence-electron chi connectivity index (χ1n) is 5.34. The molecule has 3 nitrogen and oxygen atoms in total. The smallest absolute Gasteiger partial charge is 0.269 e. The van der Waals surface area contributed by atoms with Crippen molar-refractivity contribution in [1.82, 2.24) is 9.88 Å². The molecule has 1 aromatic heterocycles. The van der Waals surface area contributed by atoms with Gasteiger partial charge in [0, 0.05) is 12.2 Å². The maximum absolute atomic E-state index is 12.0. The molecule has 0 fully saturated rings. The van der Waals surface area contributed by atoms with Crippen molar-refractivity contribution in [2.24, 2.45) is 0 Å². The number of amides is 1. The first-order chi connectivity index (χ1) is 7.37. The molecule has 0 aliphatic rings. The van der Waals surface area contributed by atoms with Gasteiger partial charge in [-0.15, -0.1) is 6.42 Å². The van der Waals surface area contributed by atoms with E-state index in [4.69, 9.17) is 6.42 Å². The summed E-state index contributed by atoms with van der Waals surface area (Å²) in [4.78, 5) is 12.0. The lowest BCUT2D eigenvalue weighted by atomic mass is 10.1. The van der Waals surface area contributed by atoms with Crippen molar-refractivity contribution < 1.29 is 4.79 Å². The van der Waals surface area contributed by atoms with E-state index >= 15 is 0 Å². The zero-order valence-electron chi connectivity index (χ0n) is 10.2. The van der Waals surface area contributed by atoms with E-state index in [0.717, 1.165) is 0 Å². The molecule has 1 heterocycles. The van der Waals surface area contributed by atoms with E-state index in [1.165, 1.54) is 0 Å². The average molecular weight is 218 g/mol. The highest BCUT2D eigenvalue weighted by molar-refractivity contribution is 5.93. The van der Waals surface area contributed by atoms with E-state index < -0.39 is 5.54 Å². The Hall–Kier alpha value is -1.69. The number of rotatable bonds is 3. The van der Waals surface area contributed by atoms with E-state index in [9.17, 15) is 4.79 Å². The van der Waals surface area contributed by atoms with Gasteiger partial charge in [-0.1, -0.05) is 5.92 Å². The van der Waals surface area contributed by atoms with Crippen LogP contribution < -0.4 is 5.32 Å². The minimum atomic E-state index is -0.622. The SMILES string of the molecule is C#CC(C)(C)NC(=O)c1cccn1C(C)C. The van der Waals surface area contributed by atoms with Crippen molar-refractivity contribution in [3.05, 3.63) is 24.0 Å². The monoisotopic (exact) mass is 218 g/mol. The number of hydrogen-bond acceptors (Lipinski definition) is 1. The largest absolute Gasteiger partial charge is 0.341 e. The van der Waals surface area contributed by atoms with Crippen molar-refractivity contribution in [3.63, 3.8) is 0 Å². The van der Waals surface area contributed by atoms with E-state index in [1.54, 1.807) is 19.9 Å². The van der Waals surface area contributed by atoms with Crippen molar-refractivity contribution in [2.45, 2.75) is 39.3 Å². The van der Waals surface area contributed by atoms with Crippen LogP contribution in [0.4, 0.5) is 0 Å². The summed E-state index contributed by atoms with van der Waals surface area (Å²) in [6.07, 6.45) is 7.23. The summed E-state index contributed by atoms with van der Waals surface area (Å²) in [5, 5.41) is 2.81. The summed E-state index contributed by atoms with van der Waals surface area (Å²) in [6.45, 7) is 7.66. The second-order valence-corrected chi connectivity index (χ2v) is 4.62. The Morgan fingerprint density at radius 2 is 2.19 bits per heavy atom. The number of aromatic nitrogens is 1. The zero-order chi connectivity index (χ0) is 12.3. The second kappa shape index (κ2) is 4.44. The Balaban J connectivity index is 2.90. The molecule has 0 aliphatic heterocycles. The summed E-state index contributed by atoms with van der Waals surface area (Å²) in [5.41, 5.74) is 0.0155. The Morgan fingerprint density at radius 1 is 1.56 bits per heavy atom. The molecule has 1 amide bonds. The molecule has 0 bridgehead atoms. The van der Waals surface area contributed by atoms with Crippen LogP contribution in [-0.2, 0) is 0 Å². The predicted octanol–water partition coefficient (Wildman–Crippen LogP) is 2.21. The van der Waals surface area contributed by atoms with Crippen LogP contribution in [0.15, 0.2) is 18.3 Å².